The SMILES string of the molecule is COc1ccc2c(c1OC)CCNC2CCC(=O)O. The Bertz CT molecular complexity index is 473. The van der Waals surface area contributed by atoms with Crippen molar-refractivity contribution < 1.29 is 19.4 Å². The van der Waals surface area contributed by atoms with Crippen molar-refractivity contribution in [2.45, 2.75) is 25.3 Å². The first-order valence-electron chi connectivity index (χ1n) is 6.36. The zero-order valence-corrected chi connectivity index (χ0v) is 11.2. The van der Waals surface area contributed by atoms with Crippen molar-refractivity contribution in [3.8, 4) is 11.5 Å². The standard InChI is InChI=1S/C14H19NO4/c1-18-12-5-3-9-10(14(12)19-2)7-8-15-11(9)4-6-13(16)17/h3,5,11,15H,4,6-8H2,1-2H3,(H,16,17). The van der Waals surface area contributed by atoms with E-state index in [0.29, 0.717) is 6.42 Å². The van der Waals surface area contributed by atoms with Crippen LogP contribution < -0.4 is 14.8 Å². The van der Waals surface area contributed by atoms with E-state index in [0.717, 1.165) is 35.6 Å². The number of methoxy groups -OCH3 is 2. The zero-order valence-electron chi connectivity index (χ0n) is 11.2. The number of aliphatic carboxylic acids is 1. The smallest absolute Gasteiger partial charge is 0.303 e. The molecule has 1 aliphatic rings. The Balaban J connectivity index is 2.31. The lowest BCUT2D eigenvalue weighted by Gasteiger charge is -2.28. The lowest BCUT2D eigenvalue weighted by Crippen LogP contribution is -2.30. The highest BCUT2D eigenvalue weighted by Crippen LogP contribution is 2.38. The summed E-state index contributed by atoms with van der Waals surface area (Å²) in [5.41, 5.74) is 2.24. The van der Waals surface area contributed by atoms with Gasteiger partial charge >= 0.3 is 5.97 Å². The molecule has 0 amide bonds. The van der Waals surface area contributed by atoms with Crippen molar-refractivity contribution >= 4 is 5.97 Å². The minimum Gasteiger partial charge on any atom is -0.493 e. The molecule has 0 spiro atoms. The first kappa shape index (κ1) is 13.7. The number of ether oxygens (including phenoxy) is 2. The molecule has 0 fully saturated rings. The summed E-state index contributed by atoms with van der Waals surface area (Å²) in [6.07, 6.45) is 1.60. The maximum absolute atomic E-state index is 10.7. The molecule has 0 aliphatic carbocycles. The van der Waals surface area contributed by atoms with Gasteiger partial charge in [0.2, 0.25) is 0 Å². The highest BCUT2D eigenvalue weighted by molar-refractivity contribution is 5.66. The van der Waals surface area contributed by atoms with Gasteiger partial charge in [-0.25, -0.2) is 0 Å². The minimum absolute atomic E-state index is 0.0691. The van der Waals surface area contributed by atoms with Crippen LogP contribution in [0.15, 0.2) is 12.1 Å². The molecule has 0 saturated heterocycles. The Kier molecular flexibility index (Phi) is 4.27. The van der Waals surface area contributed by atoms with Gasteiger partial charge in [-0.1, -0.05) is 6.07 Å². The van der Waals surface area contributed by atoms with Crippen LogP contribution in [-0.2, 0) is 11.2 Å². The summed E-state index contributed by atoms with van der Waals surface area (Å²) in [6, 6.07) is 3.94. The van der Waals surface area contributed by atoms with E-state index in [9.17, 15) is 4.79 Å². The van der Waals surface area contributed by atoms with Crippen LogP contribution in [-0.4, -0.2) is 31.8 Å². The number of benzene rings is 1. The molecule has 1 aromatic carbocycles. The van der Waals surface area contributed by atoms with Gasteiger partial charge in [0, 0.05) is 18.0 Å². The van der Waals surface area contributed by atoms with Gasteiger partial charge < -0.3 is 19.9 Å². The number of carboxylic acid groups (broad SMARTS) is 1. The van der Waals surface area contributed by atoms with Crippen LogP contribution in [0, 0.1) is 0 Å². The Labute approximate surface area is 112 Å². The Morgan fingerprint density at radius 3 is 2.84 bits per heavy atom. The molecule has 0 bridgehead atoms. The lowest BCUT2D eigenvalue weighted by molar-refractivity contribution is -0.137. The minimum atomic E-state index is -0.769. The van der Waals surface area contributed by atoms with E-state index in [1.807, 2.05) is 12.1 Å². The average molecular weight is 265 g/mol. The number of fused-ring (bicyclic) bond motifs is 1. The molecule has 2 N–H and O–H groups in total. The molecule has 1 aromatic rings. The van der Waals surface area contributed by atoms with E-state index < -0.39 is 5.97 Å². The number of hydrogen-bond donors (Lipinski definition) is 2. The Hall–Kier alpha value is -1.75. The van der Waals surface area contributed by atoms with Gasteiger partial charge in [-0.2, -0.15) is 0 Å². The monoisotopic (exact) mass is 265 g/mol. The summed E-state index contributed by atoms with van der Waals surface area (Å²) in [5.74, 6) is 0.719. The summed E-state index contributed by atoms with van der Waals surface area (Å²) in [5, 5.41) is 12.2. The quantitative estimate of drug-likeness (QED) is 0.849. The molecule has 1 atom stereocenters. The van der Waals surface area contributed by atoms with Gasteiger partial charge in [-0.3, -0.25) is 4.79 Å². The van der Waals surface area contributed by atoms with Crippen molar-refractivity contribution in [3.63, 3.8) is 0 Å². The fourth-order valence-electron chi connectivity index (χ4n) is 2.60. The van der Waals surface area contributed by atoms with Crippen LogP contribution in [0.3, 0.4) is 0 Å². The highest BCUT2D eigenvalue weighted by Gasteiger charge is 2.24. The third kappa shape index (κ3) is 2.81. The van der Waals surface area contributed by atoms with Crippen LogP contribution in [0.25, 0.3) is 0 Å². The van der Waals surface area contributed by atoms with Gasteiger partial charge in [-0.05, 0) is 31.0 Å². The van der Waals surface area contributed by atoms with Gasteiger partial charge in [0.05, 0.1) is 14.2 Å². The molecule has 19 heavy (non-hydrogen) atoms. The van der Waals surface area contributed by atoms with E-state index in [2.05, 4.69) is 5.32 Å². The predicted octanol–water partition coefficient (Wildman–Crippen LogP) is 1.76. The van der Waals surface area contributed by atoms with Crippen molar-refractivity contribution in [2.24, 2.45) is 0 Å². The lowest BCUT2D eigenvalue weighted by atomic mass is 9.90. The second-order valence-corrected chi connectivity index (χ2v) is 4.56. The molecule has 1 heterocycles. The average Bonchev–Trinajstić information content (AvgIpc) is 2.43. The van der Waals surface area contributed by atoms with E-state index >= 15 is 0 Å². The van der Waals surface area contributed by atoms with E-state index in [4.69, 9.17) is 14.6 Å². The third-order valence-electron chi connectivity index (χ3n) is 3.47. The molecule has 1 unspecified atom stereocenters. The summed E-state index contributed by atoms with van der Waals surface area (Å²) in [7, 11) is 3.25. The molecule has 1 aliphatic heterocycles. The molecule has 0 aromatic heterocycles. The van der Waals surface area contributed by atoms with Gasteiger partial charge in [0.1, 0.15) is 0 Å². The summed E-state index contributed by atoms with van der Waals surface area (Å²) in [6.45, 7) is 0.820. The molecular formula is C14H19NO4. The van der Waals surface area contributed by atoms with Crippen LogP contribution in [0.4, 0.5) is 0 Å². The predicted molar refractivity (Wildman–Crippen MR) is 70.9 cm³/mol. The number of hydrogen-bond acceptors (Lipinski definition) is 4. The molecule has 0 saturated carbocycles. The van der Waals surface area contributed by atoms with Crippen LogP contribution in [0.2, 0.25) is 0 Å². The topological polar surface area (TPSA) is 67.8 Å². The van der Waals surface area contributed by atoms with Gasteiger partial charge in [0.25, 0.3) is 0 Å². The number of nitrogens with one attached hydrogen (secondary N) is 1. The second kappa shape index (κ2) is 5.93. The van der Waals surface area contributed by atoms with Crippen molar-refractivity contribution in [1.82, 2.24) is 5.32 Å². The first-order chi connectivity index (χ1) is 9.17. The molecule has 5 nitrogen and oxygen atoms in total. The van der Waals surface area contributed by atoms with E-state index in [1.54, 1.807) is 14.2 Å². The summed E-state index contributed by atoms with van der Waals surface area (Å²) < 4.78 is 10.7. The van der Waals surface area contributed by atoms with Gasteiger partial charge in [0.15, 0.2) is 11.5 Å². The normalized spacial score (nSPS) is 17.7. The Morgan fingerprint density at radius 1 is 1.42 bits per heavy atom. The van der Waals surface area contributed by atoms with Gasteiger partial charge in [-0.15, -0.1) is 0 Å². The van der Waals surface area contributed by atoms with Crippen molar-refractivity contribution in [1.29, 1.82) is 0 Å². The molecule has 2 rings (SSSR count). The maximum atomic E-state index is 10.7. The first-order valence-corrected chi connectivity index (χ1v) is 6.36. The summed E-state index contributed by atoms with van der Waals surface area (Å²) in [4.78, 5) is 10.7. The van der Waals surface area contributed by atoms with Crippen LogP contribution in [0.5, 0.6) is 11.5 Å². The molecule has 104 valence electrons. The zero-order chi connectivity index (χ0) is 13.8. The maximum Gasteiger partial charge on any atom is 0.303 e. The number of rotatable bonds is 5. The number of carboxylic acids is 1. The van der Waals surface area contributed by atoms with Crippen molar-refractivity contribution in [2.75, 3.05) is 20.8 Å². The fourth-order valence-corrected chi connectivity index (χ4v) is 2.60. The molecule has 5 heteroatoms. The Morgan fingerprint density at radius 2 is 2.21 bits per heavy atom. The largest absolute Gasteiger partial charge is 0.493 e. The van der Waals surface area contributed by atoms with Crippen molar-refractivity contribution in [3.05, 3.63) is 23.3 Å². The molecular weight excluding hydrogens is 246 g/mol. The van der Waals surface area contributed by atoms with Crippen LogP contribution in [0.1, 0.15) is 30.0 Å². The van der Waals surface area contributed by atoms with E-state index in [1.165, 1.54) is 0 Å². The number of carbonyl (C=O) groups is 1. The third-order valence-corrected chi connectivity index (χ3v) is 3.47. The highest BCUT2D eigenvalue weighted by atomic mass is 16.5. The van der Waals surface area contributed by atoms with Crippen LogP contribution >= 0.6 is 0 Å². The second-order valence-electron chi connectivity index (χ2n) is 4.56. The summed E-state index contributed by atoms with van der Waals surface area (Å²) >= 11 is 0. The van der Waals surface area contributed by atoms with E-state index in [-0.39, 0.29) is 12.5 Å². The fraction of sp³-hybridized carbons (Fsp3) is 0.500. The molecule has 0 radical (unpaired) electrons.